The topological polar surface area (TPSA) is 183 Å². The van der Waals surface area contributed by atoms with E-state index in [4.69, 9.17) is 16.2 Å². The Morgan fingerprint density at radius 2 is 1.90 bits per heavy atom. The van der Waals surface area contributed by atoms with Gasteiger partial charge in [-0.05, 0) is 24.6 Å². The molecule has 1 aromatic carbocycles. The zero-order chi connectivity index (χ0) is 21.6. The van der Waals surface area contributed by atoms with Crippen molar-refractivity contribution in [3.63, 3.8) is 0 Å². The summed E-state index contributed by atoms with van der Waals surface area (Å²) in [5, 5.41) is 30.2. The molecule has 30 heavy (non-hydrogen) atoms. The fourth-order valence-corrected chi connectivity index (χ4v) is 3.43. The number of imidazole rings is 1. The number of ether oxygens (including phenoxy) is 1. The van der Waals surface area contributed by atoms with E-state index < -0.39 is 36.4 Å². The van der Waals surface area contributed by atoms with Crippen LogP contribution in [0.1, 0.15) is 24.5 Å². The van der Waals surface area contributed by atoms with Crippen LogP contribution in [-0.2, 0) is 16.0 Å². The molecule has 3 aromatic rings. The summed E-state index contributed by atoms with van der Waals surface area (Å²) in [6.45, 7) is 1.27. The molecule has 2 aromatic heterocycles. The Kier molecular flexibility index (Phi) is 5.12. The maximum atomic E-state index is 12.1. The molecule has 0 amide bonds. The number of Topliss-reactive ketones (excluding diaryl/α,β-unsaturated/α-hetero) is 1. The molecule has 11 nitrogen and oxygen atoms in total. The van der Waals surface area contributed by atoms with Crippen LogP contribution >= 0.6 is 0 Å². The third kappa shape index (κ3) is 3.48. The van der Waals surface area contributed by atoms with Crippen LogP contribution in [0.4, 0.5) is 11.5 Å². The van der Waals surface area contributed by atoms with Crippen molar-refractivity contribution in [2.75, 3.05) is 11.5 Å². The van der Waals surface area contributed by atoms with Gasteiger partial charge in [-0.15, -0.1) is 0 Å². The molecule has 158 valence electrons. The predicted octanol–water partition coefficient (Wildman–Crippen LogP) is -0.849. The lowest BCUT2D eigenvalue weighted by Crippen LogP contribution is -2.40. The fourth-order valence-electron chi connectivity index (χ4n) is 3.43. The normalized spacial score (nSPS) is 24.9. The van der Waals surface area contributed by atoms with Crippen LogP contribution in [0.5, 0.6) is 0 Å². The van der Waals surface area contributed by atoms with Gasteiger partial charge in [0.25, 0.3) is 0 Å². The second-order valence-corrected chi connectivity index (χ2v) is 7.27. The first kappa shape index (κ1) is 20.2. The van der Waals surface area contributed by atoms with E-state index in [2.05, 4.69) is 15.0 Å². The average molecular weight is 414 g/mol. The molecule has 1 saturated heterocycles. The van der Waals surface area contributed by atoms with Crippen molar-refractivity contribution in [3.8, 4) is 0 Å². The van der Waals surface area contributed by atoms with E-state index in [0.717, 1.165) is 5.56 Å². The molecule has 2 unspecified atom stereocenters. The minimum atomic E-state index is -1.51. The Hall–Kier alpha value is -3.12. The molecule has 7 N–H and O–H groups in total. The maximum absolute atomic E-state index is 12.1. The highest BCUT2D eigenvalue weighted by atomic mass is 16.6. The number of nitrogen functional groups attached to an aromatic ring is 2. The number of fused-ring (bicyclic) bond motifs is 1. The van der Waals surface area contributed by atoms with Crippen LogP contribution in [0.15, 0.2) is 30.6 Å². The molecule has 4 rings (SSSR count). The van der Waals surface area contributed by atoms with Gasteiger partial charge in [-0.25, -0.2) is 15.0 Å². The highest BCUT2D eigenvalue weighted by Crippen LogP contribution is 2.33. The molecular weight excluding hydrogens is 392 g/mol. The SMILES string of the molecule is CC(O)C(=O)[C@H]1OC(n2cnc3c(N)nc(Cc4ccc(N)cc4)nc32)[C@H](O)[C@@H]1O. The van der Waals surface area contributed by atoms with Gasteiger partial charge in [0.05, 0.1) is 6.33 Å². The number of hydrogen-bond donors (Lipinski definition) is 5. The van der Waals surface area contributed by atoms with Crippen molar-refractivity contribution >= 4 is 28.5 Å². The highest BCUT2D eigenvalue weighted by Gasteiger charge is 2.48. The van der Waals surface area contributed by atoms with Crippen LogP contribution in [0.2, 0.25) is 0 Å². The number of anilines is 2. The number of aromatic nitrogens is 4. The standard InChI is InChI=1S/C19H22N6O5/c1-8(26)13(27)16-14(28)15(29)19(30-16)25-7-22-12-17(21)23-11(24-18(12)25)6-9-2-4-10(20)5-3-9/h2-5,7-8,14-16,19,26,28-29H,6,20H2,1H3,(H2,21,23,24)/t8?,14-,15+,16+,19?/m0/s1. The van der Waals surface area contributed by atoms with E-state index in [1.807, 2.05) is 12.1 Å². The van der Waals surface area contributed by atoms with E-state index in [1.54, 1.807) is 12.1 Å². The highest BCUT2D eigenvalue weighted by molar-refractivity contribution is 5.88. The van der Waals surface area contributed by atoms with E-state index in [0.29, 0.717) is 23.4 Å². The zero-order valence-corrected chi connectivity index (χ0v) is 16.1. The van der Waals surface area contributed by atoms with Gasteiger partial charge in [0, 0.05) is 12.1 Å². The second kappa shape index (κ2) is 7.61. The number of hydrogen-bond acceptors (Lipinski definition) is 10. The lowest BCUT2D eigenvalue weighted by atomic mass is 10.0. The van der Waals surface area contributed by atoms with Gasteiger partial charge in [0.15, 0.2) is 23.5 Å². The number of benzene rings is 1. The first-order valence-corrected chi connectivity index (χ1v) is 9.33. The lowest BCUT2D eigenvalue weighted by molar-refractivity contribution is -0.143. The first-order valence-electron chi connectivity index (χ1n) is 9.33. The summed E-state index contributed by atoms with van der Waals surface area (Å²) in [5.41, 5.74) is 13.9. The number of ketones is 1. The van der Waals surface area contributed by atoms with Crippen molar-refractivity contribution in [1.29, 1.82) is 0 Å². The number of rotatable bonds is 5. The van der Waals surface area contributed by atoms with Crippen LogP contribution in [0.25, 0.3) is 11.2 Å². The van der Waals surface area contributed by atoms with E-state index in [1.165, 1.54) is 17.8 Å². The number of aliphatic hydroxyl groups is 3. The summed E-state index contributed by atoms with van der Waals surface area (Å²) in [5.74, 6) is -0.170. The average Bonchev–Trinajstić information content (AvgIpc) is 3.25. The molecule has 1 aliphatic rings. The molecule has 0 bridgehead atoms. The summed E-state index contributed by atoms with van der Waals surface area (Å²) < 4.78 is 6.96. The Balaban J connectivity index is 1.69. The summed E-state index contributed by atoms with van der Waals surface area (Å²) in [4.78, 5) is 25.0. The number of carbonyl (C=O) groups excluding carboxylic acids is 1. The third-order valence-electron chi connectivity index (χ3n) is 5.04. The van der Waals surface area contributed by atoms with Crippen molar-refractivity contribution < 1.29 is 24.9 Å². The van der Waals surface area contributed by atoms with Gasteiger partial charge in [-0.1, -0.05) is 12.1 Å². The van der Waals surface area contributed by atoms with Crippen LogP contribution in [0, 0.1) is 0 Å². The maximum Gasteiger partial charge on any atom is 0.192 e. The first-order chi connectivity index (χ1) is 14.3. The van der Waals surface area contributed by atoms with Gasteiger partial charge in [-0.2, -0.15) is 0 Å². The summed E-state index contributed by atoms with van der Waals surface area (Å²) in [6.07, 6.45) is -5.09. The summed E-state index contributed by atoms with van der Waals surface area (Å²) >= 11 is 0. The smallest absolute Gasteiger partial charge is 0.192 e. The number of aliphatic hydroxyl groups excluding tert-OH is 3. The predicted molar refractivity (Wildman–Crippen MR) is 106 cm³/mol. The molecule has 1 fully saturated rings. The second-order valence-electron chi connectivity index (χ2n) is 7.27. The van der Waals surface area contributed by atoms with Crippen LogP contribution in [-0.4, -0.2) is 65.0 Å². The largest absolute Gasteiger partial charge is 0.399 e. The van der Waals surface area contributed by atoms with E-state index >= 15 is 0 Å². The molecule has 0 spiro atoms. The molecule has 0 saturated carbocycles. The van der Waals surface area contributed by atoms with E-state index in [9.17, 15) is 20.1 Å². The van der Waals surface area contributed by atoms with Crippen molar-refractivity contribution in [2.45, 2.75) is 44.0 Å². The molecular formula is C19H22N6O5. The quantitative estimate of drug-likeness (QED) is 0.330. The number of nitrogens with zero attached hydrogens (tertiary/aromatic N) is 4. The summed E-state index contributed by atoms with van der Waals surface area (Å²) in [7, 11) is 0. The van der Waals surface area contributed by atoms with Gasteiger partial charge in [-0.3, -0.25) is 9.36 Å². The summed E-state index contributed by atoms with van der Waals surface area (Å²) in [6, 6.07) is 7.24. The minimum Gasteiger partial charge on any atom is -0.399 e. The van der Waals surface area contributed by atoms with Crippen molar-refractivity contribution in [3.05, 3.63) is 42.0 Å². The monoisotopic (exact) mass is 414 g/mol. The lowest BCUT2D eigenvalue weighted by Gasteiger charge is -2.17. The van der Waals surface area contributed by atoms with Gasteiger partial charge in [0.1, 0.15) is 35.8 Å². The van der Waals surface area contributed by atoms with Crippen LogP contribution in [0.3, 0.4) is 0 Å². The molecule has 11 heteroatoms. The Labute approximate surface area is 170 Å². The van der Waals surface area contributed by atoms with Gasteiger partial charge < -0.3 is 31.5 Å². The van der Waals surface area contributed by atoms with E-state index in [-0.39, 0.29) is 11.5 Å². The van der Waals surface area contributed by atoms with Crippen LogP contribution < -0.4 is 11.5 Å². The molecule has 0 radical (unpaired) electrons. The third-order valence-corrected chi connectivity index (χ3v) is 5.04. The molecule has 1 aliphatic heterocycles. The Morgan fingerprint density at radius 3 is 2.57 bits per heavy atom. The van der Waals surface area contributed by atoms with Gasteiger partial charge >= 0.3 is 0 Å². The minimum absolute atomic E-state index is 0.147. The Bertz CT molecular complexity index is 1080. The van der Waals surface area contributed by atoms with Crippen molar-refractivity contribution in [1.82, 2.24) is 19.5 Å². The number of carbonyl (C=O) groups is 1. The zero-order valence-electron chi connectivity index (χ0n) is 16.1. The number of nitrogens with two attached hydrogens (primary N) is 2. The molecule has 3 heterocycles. The molecule has 5 atom stereocenters. The van der Waals surface area contributed by atoms with Gasteiger partial charge in [0.2, 0.25) is 0 Å². The molecule has 0 aliphatic carbocycles. The van der Waals surface area contributed by atoms with Crippen molar-refractivity contribution in [2.24, 2.45) is 0 Å². The fraction of sp³-hybridized carbons (Fsp3) is 0.368. The Morgan fingerprint density at radius 1 is 1.20 bits per heavy atom.